The average Bonchev–Trinajstić information content (AvgIpc) is 2.95. The Morgan fingerprint density at radius 3 is 2.87 bits per heavy atom. The first-order chi connectivity index (χ1) is 11.0. The summed E-state index contributed by atoms with van der Waals surface area (Å²) in [7, 11) is 1.70. The van der Waals surface area contributed by atoms with Gasteiger partial charge in [-0.05, 0) is 0 Å². The molecule has 3 heterocycles. The number of fused-ring (bicyclic) bond motifs is 2. The predicted molar refractivity (Wildman–Crippen MR) is 87.2 cm³/mol. The van der Waals surface area contributed by atoms with Gasteiger partial charge in [0.2, 0.25) is 0 Å². The Hall–Kier alpha value is -0.880. The van der Waals surface area contributed by atoms with Crippen molar-refractivity contribution in [2.75, 3.05) is 40.1 Å². The van der Waals surface area contributed by atoms with E-state index in [0.717, 1.165) is 29.8 Å². The molecule has 2 aliphatic heterocycles. The Labute approximate surface area is 142 Å². The van der Waals surface area contributed by atoms with Gasteiger partial charge in [0.05, 0.1) is 32.1 Å². The van der Waals surface area contributed by atoms with E-state index in [-0.39, 0.29) is 5.41 Å². The van der Waals surface area contributed by atoms with Gasteiger partial charge in [-0.1, -0.05) is 25.4 Å². The van der Waals surface area contributed by atoms with Gasteiger partial charge in [0.15, 0.2) is 0 Å². The summed E-state index contributed by atoms with van der Waals surface area (Å²) in [5.74, 6) is 0.804. The fourth-order valence-electron chi connectivity index (χ4n) is 3.23. The molecular weight excluding hydrogens is 318 g/mol. The standard InChI is InChI=1S/C17H24ClNO4/c1-16(2,9-20-3)10-22-13-8-14(18)19-15-12(13)4-6-23-17(15)5-7-21-11-17/h8H,4-7,9-11H2,1-3H3. The lowest BCUT2D eigenvalue weighted by Crippen LogP contribution is -2.37. The molecule has 1 fully saturated rings. The molecule has 0 radical (unpaired) electrons. The van der Waals surface area contributed by atoms with E-state index in [1.807, 2.05) is 0 Å². The maximum atomic E-state index is 6.24. The summed E-state index contributed by atoms with van der Waals surface area (Å²) in [5, 5.41) is 0.431. The van der Waals surface area contributed by atoms with Gasteiger partial charge in [-0.25, -0.2) is 4.98 Å². The van der Waals surface area contributed by atoms with Crippen molar-refractivity contribution in [3.8, 4) is 5.75 Å². The van der Waals surface area contributed by atoms with Gasteiger partial charge < -0.3 is 18.9 Å². The van der Waals surface area contributed by atoms with E-state index < -0.39 is 5.60 Å². The summed E-state index contributed by atoms with van der Waals surface area (Å²) < 4.78 is 22.9. The monoisotopic (exact) mass is 341 g/mol. The lowest BCUT2D eigenvalue weighted by atomic mass is 9.89. The second kappa shape index (κ2) is 6.55. The van der Waals surface area contributed by atoms with Crippen molar-refractivity contribution in [2.45, 2.75) is 32.3 Å². The second-order valence-electron chi connectivity index (χ2n) is 7.05. The van der Waals surface area contributed by atoms with Crippen molar-refractivity contribution in [1.82, 2.24) is 4.98 Å². The van der Waals surface area contributed by atoms with Gasteiger partial charge in [0.1, 0.15) is 16.5 Å². The van der Waals surface area contributed by atoms with Crippen LogP contribution in [0.1, 0.15) is 31.5 Å². The van der Waals surface area contributed by atoms with Crippen LogP contribution < -0.4 is 4.74 Å². The summed E-state index contributed by atoms with van der Waals surface area (Å²) in [6.07, 6.45) is 1.59. The van der Waals surface area contributed by atoms with Gasteiger partial charge in [-0.3, -0.25) is 0 Å². The van der Waals surface area contributed by atoms with Crippen LogP contribution in [0, 0.1) is 5.41 Å². The topological polar surface area (TPSA) is 49.8 Å². The third-order valence-electron chi connectivity index (χ3n) is 4.35. The number of hydrogen-bond donors (Lipinski definition) is 0. The summed E-state index contributed by atoms with van der Waals surface area (Å²) in [6.45, 7) is 7.28. The Morgan fingerprint density at radius 1 is 1.35 bits per heavy atom. The summed E-state index contributed by atoms with van der Waals surface area (Å²) in [5.41, 5.74) is 1.45. The van der Waals surface area contributed by atoms with Crippen molar-refractivity contribution < 1.29 is 18.9 Å². The highest BCUT2D eigenvalue weighted by molar-refractivity contribution is 6.29. The molecule has 2 aliphatic rings. The molecular formula is C17H24ClNO4. The quantitative estimate of drug-likeness (QED) is 0.771. The van der Waals surface area contributed by atoms with Crippen LogP contribution in [0.2, 0.25) is 5.15 Å². The fourth-order valence-corrected chi connectivity index (χ4v) is 3.42. The molecule has 0 saturated carbocycles. The third-order valence-corrected chi connectivity index (χ3v) is 4.55. The molecule has 128 valence electrons. The molecule has 1 atom stereocenters. The molecule has 1 aromatic rings. The van der Waals surface area contributed by atoms with Crippen LogP contribution in [0.5, 0.6) is 5.75 Å². The van der Waals surface area contributed by atoms with Gasteiger partial charge in [0, 0.05) is 43.6 Å². The Morgan fingerprint density at radius 2 is 2.17 bits per heavy atom. The Balaban J connectivity index is 1.89. The van der Waals surface area contributed by atoms with E-state index in [1.165, 1.54) is 0 Å². The fraction of sp³-hybridized carbons (Fsp3) is 0.706. The van der Waals surface area contributed by atoms with Crippen molar-refractivity contribution in [1.29, 1.82) is 0 Å². The van der Waals surface area contributed by atoms with Crippen LogP contribution in [-0.4, -0.2) is 45.1 Å². The smallest absolute Gasteiger partial charge is 0.136 e. The first-order valence-electron chi connectivity index (χ1n) is 7.99. The Bertz CT molecular complexity index is 570. The van der Waals surface area contributed by atoms with Crippen LogP contribution in [-0.2, 0) is 26.2 Å². The molecule has 0 amide bonds. The molecule has 6 heteroatoms. The number of rotatable bonds is 5. The lowest BCUT2D eigenvalue weighted by molar-refractivity contribution is -0.0671. The van der Waals surface area contributed by atoms with Crippen molar-refractivity contribution >= 4 is 11.6 Å². The minimum atomic E-state index is -0.460. The number of halogens is 1. The predicted octanol–water partition coefficient (Wildman–Crippen LogP) is 2.97. The minimum absolute atomic E-state index is 0.0727. The van der Waals surface area contributed by atoms with Crippen LogP contribution in [0.15, 0.2) is 6.07 Å². The van der Waals surface area contributed by atoms with E-state index in [1.54, 1.807) is 13.2 Å². The van der Waals surface area contributed by atoms with Crippen LogP contribution in [0.4, 0.5) is 0 Å². The number of nitrogens with zero attached hydrogens (tertiary/aromatic N) is 1. The SMILES string of the molecule is COCC(C)(C)COc1cc(Cl)nc2c1CCOC21CCOC1. The van der Waals surface area contributed by atoms with Gasteiger partial charge in [0.25, 0.3) is 0 Å². The van der Waals surface area contributed by atoms with Crippen molar-refractivity contribution in [3.05, 3.63) is 22.5 Å². The van der Waals surface area contributed by atoms with Gasteiger partial charge in [-0.15, -0.1) is 0 Å². The number of hydrogen-bond acceptors (Lipinski definition) is 5. The number of pyridine rings is 1. The summed E-state index contributed by atoms with van der Waals surface area (Å²) in [6, 6.07) is 1.80. The van der Waals surface area contributed by atoms with E-state index >= 15 is 0 Å². The normalized spacial score (nSPS) is 24.0. The summed E-state index contributed by atoms with van der Waals surface area (Å²) in [4.78, 5) is 4.55. The largest absolute Gasteiger partial charge is 0.492 e. The molecule has 0 N–H and O–H groups in total. The molecule has 0 aromatic carbocycles. The van der Waals surface area contributed by atoms with Crippen LogP contribution >= 0.6 is 11.6 Å². The average molecular weight is 342 g/mol. The van der Waals surface area contributed by atoms with E-state index in [2.05, 4.69) is 18.8 Å². The zero-order valence-corrected chi connectivity index (χ0v) is 14.7. The highest BCUT2D eigenvalue weighted by Crippen LogP contribution is 2.42. The van der Waals surface area contributed by atoms with E-state index in [9.17, 15) is 0 Å². The maximum absolute atomic E-state index is 6.24. The number of aromatic nitrogens is 1. The van der Waals surface area contributed by atoms with Gasteiger partial charge >= 0.3 is 0 Å². The van der Waals surface area contributed by atoms with E-state index in [0.29, 0.717) is 38.2 Å². The second-order valence-corrected chi connectivity index (χ2v) is 7.44. The Kier molecular flexibility index (Phi) is 4.83. The first-order valence-corrected chi connectivity index (χ1v) is 8.37. The zero-order chi connectivity index (χ0) is 16.5. The lowest BCUT2D eigenvalue weighted by Gasteiger charge is -2.34. The number of methoxy groups -OCH3 is 1. The first kappa shape index (κ1) is 17.0. The minimum Gasteiger partial charge on any atom is -0.492 e. The highest BCUT2D eigenvalue weighted by atomic mass is 35.5. The van der Waals surface area contributed by atoms with Crippen LogP contribution in [0.25, 0.3) is 0 Å². The number of ether oxygens (including phenoxy) is 4. The highest BCUT2D eigenvalue weighted by Gasteiger charge is 2.44. The molecule has 1 spiro atoms. The molecule has 3 rings (SSSR count). The molecule has 1 unspecified atom stereocenters. The van der Waals surface area contributed by atoms with Crippen molar-refractivity contribution in [3.63, 3.8) is 0 Å². The van der Waals surface area contributed by atoms with E-state index in [4.69, 9.17) is 30.5 Å². The molecule has 1 aromatic heterocycles. The van der Waals surface area contributed by atoms with Crippen LogP contribution in [0.3, 0.4) is 0 Å². The maximum Gasteiger partial charge on any atom is 0.136 e. The zero-order valence-electron chi connectivity index (χ0n) is 14.0. The molecule has 0 aliphatic carbocycles. The molecule has 5 nitrogen and oxygen atoms in total. The van der Waals surface area contributed by atoms with Gasteiger partial charge in [-0.2, -0.15) is 0 Å². The van der Waals surface area contributed by atoms with Crippen molar-refractivity contribution in [2.24, 2.45) is 5.41 Å². The summed E-state index contributed by atoms with van der Waals surface area (Å²) >= 11 is 6.24. The third kappa shape index (κ3) is 3.48. The molecule has 1 saturated heterocycles. The molecule has 23 heavy (non-hydrogen) atoms. The molecule has 0 bridgehead atoms.